The minimum absolute atomic E-state index is 0.0965. The number of nitrogens with zero attached hydrogens (tertiary/aromatic N) is 3. The first kappa shape index (κ1) is 20.3. The highest BCUT2D eigenvalue weighted by atomic mass is 16.5. The van der Waals surface area contributed by atoms with Crippen LogP contribution in [0.4, 0.5) is 0 Å². The highest BCUT2D eigenvalue weighted by Crippen LogP contribution is 2.56. The van der Waals surface area contributed by atoms with Crippen LogP contribution < -0.4 is 10.1 Å². The van der Waals surface area contributed by atoms with Crippen LogP contribution in [-0.4, -0.2) is 28.0 Å². The lowest BCUT2D eigenvalue weighted by atomic mass is 9.53. The molecule has 156 valence electrons. The Morgan fingerprint density at radius 2 is 1.77 bits per heavy atom. The Morgan fingerprint density at radius 1 is 1.17 bits per heavy atom. The molecule has 0 bridgehead atoms. The lowest BCUT2D eigenvalue weighted by molar-refractivity contribution is -0.0833. The Hall–Kier alpha value is -2.94. The maximum atomic E-state index is 12.4. The zero-order valence-corrected chi connectivity index (χ0v) is 18.0. The topological polar surface area (TPSA) is 87.9 Å². The molecule has 6 nitrogen and oxygen atoms in total. The third kappa shape index (κ3) is 3.89. The maximum Gasteiger partial charge on any atom is 0.254 e. The zero-order chi connectivity index (χ0) is 21.5. The first-order valence-corrected chi connectivity index (χ1v) is 10.6. The van der Waals surface area contributed by atoms with E-state index in [4.69, 9.17) is 4.74 Å². The molecule has 0 radical (unpaired) electrons. The molecule has 30 heavy (non-hydrogen) atoms. The number of rotatable bonds is 5. The van der Waals surface area contributed by atoms with Crippen LogP contribution in [0.25, 0.3) is 0 Å². The summed E-state index contributed by atoms with van der Waals surface area (Å²) in [7, 11) is 0. The van der Waals surface area contributed by atoms with E-state index in [1.807, 2.05) is 39.8 Å². The average Bonchev–Trinajstić information content (AvgIpc) is 2.64. The number of hydrogen-bond donors (Lipinski definition) is 1. The molecule has 0 unspecified atom stereocenters. The Morgan fingerprint density at radius 3 is 2.30 bits per heavy atom. The fraction of sp³-hybridized carbons (Fsp3) is 0.500. The highest BCUT2D eigenvalue weighted by molar-refractivity contribution is 5.93. The van der Waals surface area contributed by atoms with Crippen LogP contribution >= 0.6 is 0 Å². The summed E-state index contributed by atoms with van der Waals surface area (Å²) >= 11 is 0. The summed E-state index contributed by atoms with van der Waals surface area (Å²) in [6.07, 6.45) is 7.46. The predicted octanol–water partition coefficient (Wildman–Crippen LogP) is 4.21. The second-order valence-corrected chi connectivity index (χ2v) is 9.26. The Labute approximate surface area is 177 Å². The van der Waals surface area contributed by atoms with Crippen molar-refractivity contribution in [2.45, 2.75) is 71.4 Å². The van der Waals surface area contributed by atoms with Gasteiger partial charge in [-0.25, -0.2) is 9.97 Å². The lowest BCUT2D eigenvalue weighted by Gasteiger charge is -2.57. The monoisotopic (exact) mass is 404 g/mol. The van der Waals surface area contributed by atoms with Crippen LogP contribution in [0, 0.1) is 30.6 Å². The number of hydrogen-bond acceptors (Lipinski definition) is 5. The van der Waals surface area contributed by atoms with E-state index in [0.29, 0.717) is 11.0 Å². The van der Waals surface area contributed by atoms with Crippen LogP contribution in [0.1, 0.15) is 78.3 Å². The van der Waals surface area contributed by atoms with Crippen LogP contribution in [0.2, 0.25) is 0 Å². The Kier molecular flexibility index (Phi) is 5.23. The Balaban J connectivity index is 1.25. The van der Waals surface area contributed by atoms with Crippen molar-refractivity contribution in [1.29, 1.82) is 5.26 Å². The van der Waals surface area contributed by atoms with Crippen molar-refractivity contribution in [2.24, 2.45) is 5.41 Å². The lowest BCUT2D eigenvalue weighted by Crippen LogP contribution is -2.58. The number of aromatic nitrogens is 2. The van der Waals surface area contributed by atoms with Gasteiger partial charge in [0.1, 0.15) is 11.6 Å². The van der Waals surface area contributed by atoms with Crippen molar-refractivity contribution >= 4 is 5.91 Å². The molecule has 1 aromatic carbocycles. The zero-order valence-electron chi connectivity index (χ0n) is 18.0. The molecule has 1 spiro atoms. The first-order chi connectivity index (χ1) is 14.3. The summed E-state index contributed by atoms with van der Waals surface area (Å²) in [5.74, 6) is 1.75. The van der Waals surface area contributed by atoms with E-state index >= 15 is 0 Å². The molecule has 4 rings (SSSR count). The molecule has 2 aromatic rings. The van der Waals surface area contributed by atoms with Gasteiger partial charge >= 0.3 is 0 Å². The normalized spacial score (nSPS) is 24.7. The van der Waals surface area contributed by atoms with Crippen molar-refractivity contribution < 1.29 is 9.53 Å². The molecular weight excluding hydrogens is 376 g/mol. The second-order valence-electron chi connectivity index (χ2n) is 9.26. The van der Waals surface area contributed by atoms with Gasteiger partial charge in [-0.2, -0.15) is 5.26 Å². The molecule has 2 saturated carbocycles. The van der Waals surface area contributed by atoms with Crippen molar-refractivity contribution in [2.75, 3.05) is 0 Å². The van der Waals surface area contributed by atoms with Crippen molar-refractivity contribution in [3.63, 3.8) is 0 Å². The first-order valence-electron chi connectivity index (χ1n) is 10.6. The number of benzene rings is 1. The number of amides is 1. The van der Waals surface area contributed by atoms with E-state index in [9.17, 15) is 10.1 Å². The molecule has 1 amide bonds. The van der Waals surface area contributed by atoms with Gasteiger partial charge in [-0.3, -0.25) is 4.79 Å². The fourth-order valence-electron chi connectivity index (χ4n) is 4.79. The number of carbonyl (C=O) groups excluding carboxylic acids is 1. The molecule has 0 aliphatic heterocycles. The molecular formula is C24H28N4O2. The molecule has 2 aliphatic rings. The van der Waals surface area contributed by atoms with E-state index in [0.717, 1.165) is 53.9 Å². The van der Waals surface area contributed by atoms with Gasteiger partial charge in [-0.15, -0.1) is 0 Å². The van der Waals surface area contributed by atoms with Crippen molar-refractivity contribution in [3.05, 3.63) is 52.6 Å². The third-order valence-electron chi connectivity index (χ3n) is 6.39. The molecule has 1 N–H and O–H groups in total. The second kappa shape index (κ2) is 7.71. The van der Waals surface area contributed by atoms with E-state index in [1.54, 1.807) is 12.4 Å². The number of aryl methyl sites for hydroxylation is 2. The van der Waals surface area contributed by atoms with Gasteiger partial charge in [0, 0.05) is 24.4 Å². The highest BCUT2D eigenvalue weighted by Gasteiger charge is 2.54. The predicted molar refractivity (Wildman–Crippen MR) is 113 cm³/mol. The third-order valence-corrected chi connectivity index (χ3v) is 6.39. The van der Waals surface area contributed by atoms with Gasteiger partial charge in [0.15, 0.2) is 0 Å². The number of carbonyl (C=O) groups is 1. The molecule has 1 heterocycles. The van der Waals surface area contributed by atoms with Crippen molar-refractivity contribution in [1.82, 2.24) is 15.3 Å². The van der Waals surface area contributed by atoms with Crippen LogP contribution in [0.5, 0.6) is 5.75 Å². The van der Waals surface area contributed by atoms with Crippen LogP contribution in [-0.2, 0) is 0 Å². The minimum atomic E-state index is -0.0965. The molecule has 6 heteroatoms. The summed E-state index contributed by atoms with van der Waals surface area (Å²) in [5.41, 5.74) is 3.46. The quantitative estimate of drug-likeness (QED) is 0.806. The van der Waals surface area contributed by atoms with E-state index in [2.05, 4.69) is 21.4 Å². The summed E-state index contributed by atoms with van der Waals surface area (Å²) in [6.45, 7) is 7.95. The maximum absolute atomic E-state index is 12.4. The standard InChI is InChI=1S/C24H28N4O2/c1-14(2)22-26-12-17(13-27-22)23(29)28-18-7-24(8-18)9-20(10-24)30-19-5-15(3)21(11-25)16(4)6-19/h5-6,12-14,18,20H,7-10H2,1-4H3,(H,28,29). The fourth-order valence-corrected chi connectivity index (χ4v) is 4.79. The van der Waals surface area contributed by atoms with Gasteiger partial charge in [-0.05, 0) is 68.2 Å². The summed E-state index contributed by atoms with van der Waals surface area (Å²) in [4.78, 5) is 21.0. The van der Waals surface area contributed by atoms with Gasteiger partial charge in [0.05, 0.1) is 23.3 Å². The van der Waals surface area contributed by atoms with Crippen molar-refractivity contribution in [3.8, 4) is 11.8 Å². The number of ether oxygens (including phenoxy) is 1. The number of nitrogens with one attached hydrogen (secondary N) is 1. The largest absolute Gasteiger partial charge is 0.490 e. The summed E-state index contributed by atoms with van der Waals surface area (Å²) < 4.78 is 6.15. The smallest absolute Gasteiger partial charge is 0.254 e. The van der Waals surface area contributed by atoms with E-state index in [1.165, 1.54) is 0 Å². The van der Waals surface area contributed by atoms with Crippen LogP contribution in [0.3, 0.4) is 0 Å². The average molecular weight is 405 g/mol. The SMILES string of the molecule is Cc1cc(OC2CC3(CC(NC(=O)c4cnc(C(C)C)nc4)C3)C2)cc(C)c1C#N. The summed E-state index contributed by atoms with van der Waals surface area (Å²) in [5, 5.41) is 12.3. The Bertz CT molecular complexity index is 970. The minimum Gasteiger partial charge on any atom is -0.490 e. The van der Waals surface area contributed by atoms with Gasteiger partial charge in [0.2, 0.25) is 0 Å². The molecule has 0 saturated heterocycles. The summed E-state index contributed by atoms with van der Waals surface area (Å²) in [6, 6.07) is 6.36. The van der Waals surface area contributed by atoms with Gasteiger partial charge in [0.25, 0.3) is 5.91 Å². The van der Waals surface area contributed by atoms with E-state index < -0.39 is 0 Å². The van der Waals surface area contributed by atoms with Gasteiger partial charge in [-0.1, -0.05) is 13.8 Å². The molecule has 0 atom stereocenters. The van der Waals surface area contributed by atoms with E-state index in [-0.39, 0.29) is 24.0 Å². The molecule has 2 aliphatic carbocycles. The van der Waals surface area contributed by atoms with Crippen LogP contribution in [0.15, 0.2) is 24.5 Å². The van der Waals surface area contributed by atoms with Gasteiger partial charge < -0.3 is 10.1 Å². The molecule has 1 aromatic heterocycles. The number of nitriles is 1. The molecule has 2 fully saturated rings.